The number of carbonyl (C=O) groups excluding carboxylic acids is 1. The van der Waals surface area contributed by atoms with Crippen LogP contribution in [-0.2, 0) is 4.79 Å². The van der Waals surface area contributed by atoms with E-state index in [-0.39, 0.29) is 30.4 Å². The number of hydrogen-bond donors (Lipinski definition) is 2. The molecule has 7 heteroatoms. The van der Waals surface area contributed by atoms with Crippen LogP contribution in [0.2, 0.25) is 0 Å². The largest absolute Gasteiger partial charge is 0.487 e. The van der Waals surface area contributed by atoms with Gasteiger partial charge in [0.25, 0.3) is 0 Å². The third-order valence-corrected chi connectivity index (χ3v) is 2.28. The molecular formula is C11H15N3O4. The summed E-state index contributed by atoms with van der Waals surface area (Å²) in [5.41, 5.74) is 2.72. The quantitative estimate of drug-likeness (QED) is 0.259. The van der Waals surface area contributed by atoms with Gasteiger partial charge in [-0.05, 0) is 25.0 Å². The van der Waals surface area contributed by atoms with Gasteiger partial charge >= 0.3 is 5.69 Å². The molecule has 98 valence electrons. The molecule has 0 radical (unpaired) electrons. The van der Waals surface area contributed by atoms with Gasteiger partial charge in [0.05, 0.1) is 11.5 Å². The van der Waals surface area contributed by atoms with Crippen LogP contribution in [0.25, 0.3) is 0 Å². The van der Waals surface area contributed by atoms with E-state index in [9.17, 15) is 14.9 Å². The molecule has 3 N–H and O–H groups in total. The maximum Gasteiger partial charge on any atom is 0.311 e. The van der Waals surface area contributed by atoms with Gasteiger partial charge < -0.3 is 4.74 Å². The van der Waals surface area contributed by atoms with Crippen molar-refractivity contribution in [1.29, 1.82) is 0 Å². The van der Waals surface area contributed by atoms with E-state index in [0.717, 1.165) is 5.56 Å². The number of benzene rings is 1. The summed E-state index contributed by atoms with van der Waals surface area (Å²) in [4.78, 5) is 21.2. The molecule has 7 nitrogen and oxygen atoms in total. The minimum atomic E-state index is -0.491. The van der Waals surface area contributed by atoms with E-state index in [2.05, 4.69) is 0 Å². The highest BCUT2D eigenvalue weighted by atomic mass is 16.6. The zero-order valence-electron chi connectivity index (χ0n) is 10.0. The molecule has 0 aliphatic rings. The highest BCUT2D eigenvalue weighted by molar-refractivity contribution is 5.75. The average molecular weight is 253 g/mol. The Hall–Kier alpha value is -2.15. The van der Waals surface area contributed by atoms with Gasteiger partial charge in [-0.3, -0.25) is 20.3 Å². The number of hydrazine groups is 1. The lowest BCUT2D eigenvalue weighted by atomic mass is 10.2. The molecule has 0 aromatic heterocycles. The standard InChI is InChI=1S/C11H15N3O4/c1-8-4-5-10(9(7-8)14(16)17)18-6-2-3-11(15)13-12/h4-5,7H,2-3,6,12H2,1H3,(H,13,15). The molecule has 0 saturated carbocycles. The van der Waals surface area contributed by atoms with Crippen molar-refractivity contribution in [2.45, 2.75) is 19.8 Å². The fourth-order valence-electron chi connectivity index (χ4n) is 1.38. The van der Waals surface area contributed by atoms with Gasteiger partial charge in [0, 0.05) is 12.5 Å². The van der Waals surface area contributed by atoms with Crippen molar-refractivity contribution in [3.8, 4) is 5.75 Å². The number of carbonyl (C=O) groups is 1. The SMILES string of the molecule is Cc1ccc(OCCCC(=O)NN)c([N+](=O)[O-])c1. The molecule has 0 aliphatic carbocycles. The molecule has 1 amide bonds. The summed E-state index contributed by atoms with van der Waals surface area (Å²) >= 11 is 0. The first kappa shape index (κ1) is 13.9. The van der Waals surface area contributed by atoms with Gasteiger partial charge in [0.15, 0.2) is 5.75 Å². The van der Waals surface area contributed by atoms with Gasteiger partial charge in [-0.15, -0.1) is 0 Å². The smallest absolute Gasteiger partial charge is 0.311 e. The van der Waals surface area contributed by atoms with Crippen LogP contribution in [0.1, 0.15) is 18.4 Å². The van der Waals surface area contributed by atoms with E-state index in [1.54, 1.807) is 19.1 Å². The van der Waals surface area contributed by atoms with E-state index in [1.807, 2.05) is 5.43 Å². The van der Waals surface area contributed by atoms with Crippen molar-refractivity contribution >= 4 is 11.6 Å². The van der Waals surface area contributed by atoms with Crippen LogP contribution < -0.4 is 16.0 Å². The summed E-state index contributed by atoms with van der Waals surface area (Å²) in [6.45, 7) is 1.99. The van der Waals surface area contributed by atoms with Crippen LogP contribution in [0.3, 0.4) is 0 Å². The Morgan fingerprint density at radius 1 is 1.56 bits per heavy atom. The predicted molar refractivity (Wildman–Crippen MR) is 64.9 cm³/mol. The van der Waals surface area contributed by atoms with Crippen molar-refractivity contribution in [1.82, 2.24) is 5.43 Å². The number of amides is 1. The minimum Gasteiger partial charge on any atom is -0.487 e. The van der Waals surface area contributed by atoms with Crippen LogP contribution in [0.4, 0.5) is 5.69 Å². The van der Waals surface area contributed by atoms with Crippen molar-refractivity contribution in [2.24, 2.45) is 5.84 Å². The number of nitro groups is 1. The van der Waals surface area contributed by atoms with E-state index in [0.29, 0.717) is 6.42 Å². The number of nitrogens with zero attached hydrogens (tertiary/aromatic N) is 1. The summed E-state index contributed by atoms with van der Waals surface area (Å²) in [5, 5.41) is 10.8. The Labute approximate surface area is 104 Å². The molecule has 0 atom stereocenters. The monoisotopic (exact) mass is 253 g/mol. The third kappa shape index (κ3) is 4.02. The van der Waals surface area contributed by atoms with E-state index < -0.39 is 4.92 Å². The van der Waals surface area contributed by atoms with Gasteiger partial charge in [-0.25, -0.2) is 5.84 Å². The second-order valence-corrected chi connectivity index (χ2v) is 3.75. The number of ether oxygens (including phenoxy) is 1. The van der Waals surface area contributed by atoms with Crippen molar-refractivity contribution < 1.29 is 14.5 Å². The maximum absolute atomic E-state index is 10.8. The second kappa shape index (κ2) is 6.55. The molecule has 0 heterocycles. The minimum absolute atomic E-state index is 0.0710. The Kier molecular flexibility index (Phi) is 5.06. The van der Waals surface area contributed by atoms with Gasteiger partial charge in [0.1, 0.15) is 0 Å². The zero-order chi connectivity index (χ0) is 13.5. The highest BCUT2D eigenvalue weighted by Crippen LogP contribution is 2.27. The van der Waals surface area contributed by atoms with Crippen LogP contribution >= 0.6 is 0 Å². The lowest BCUT2D eigenvalue weighted by Crippen LogP contribution is -2.29. The molecule has 0 bridgehead atoms. The molecule has 0 aliphatic heterocycles. The van der Waals surface area contributed by atoms with Crippen LogP contribution in [0.15, 0.2) is 18.2 Å². The van der Waals surface area contributed by atoms with Crippen LogP contribution in [-0.4, -0.2) is 17.4 Å². The predicted octanol–water partition coefficient (Wildman–Crippen LogP) is 1.05. The number of nitro benzene ring substituents is 1. The fourth-order valence-corrected chi connectivity index (χ4v) is 1.38. The molecule has 0 saturated heterocycles. The van der Waals surface area contributed by atoms with Crippen LogP contribution in [0.5, 0.6) is 5.75 Å². The van der Waals surface area contributed by atoms with E-state index in [4.69, 9.17) is 10.6 Å². The highest BCUT2D eigenvalue weighted by Gasteiger charge is 2.14. The normalized spacial score (nSPS) is 9.89. The number of nitrogens with two attached hydrogens (primary N) is 1. The molecule has 0 fully saturated rings. The van der Waals surface area contributed by atoms with Gasteiger partial charge in [-0.1, -0.05) is 6.07 Å². The molecular weight excluding hydrogens is 238 g/mol. The number of hydrogen-bond acceptors (Lipinski definition) is 5. The third-order valence-electron chi connectivity index (χ3n) is 2.28. The fraction of sp³-hybridized carbons (Fsp3) is 0.364. The van der Waals surface area contributed by atoms with Crippen LogP contribution in [0, 0.1) is 17.0 Å². The summed E-state index contributed by atoms with van der Waals surface area (Å²) in [5.74, 6) is 4.83. The number of aryl methyl sites for hydroxylation is 1. The Balaban J connectivity index is 2.56. The Bertz CT molecular complexity index is 448. The zero-order valence-corrected chi connectivity index (χ0v) is 10.0. The average Bonchev–Trinajstić information content (AvgIpc) is 2.35. The van der Waals surface area contributed by atoms with Crippen molar-refractivity contribution in [3.63, 3.8) is 0 Å². The lowest BCUT2D eigenvalue weighted by Gasteiger charge is -2.06. The van der Waals surface area contributed by atoms with Crippen molar-refractivity contribution in [3.05, 3.63) is 33.9 Å². The number of nitrogens with one attached hydrogen (secondary N) is 1. The maximum atomic E-state index is 10.8. The summed E-state index contributed by atoms with van der Waals surface area (Å²) < 4.78 is 5.29. The Morgan fingerprint density at radius 2 is 2.28 bits per heavy atom. The molecule has 0 unspecified atom stereocenters. The lowest BCUT2D eigenvalue weighted by molar-refractivity contribution is -0.385. The van der Waals surface area contributed by atoms with E-state index in [1.165, 1.54) is 6.07 Å². The topological polar surface area (TPSA) is 107 Å². The van der Waals surface area contributed by atoms with E-state index >= 15 is 0 Å². The van der Waals surface area contributed by atoms with Crippen molar-refractivity contribution in [2.75, 3.05) is 6.61 Å². The first-order valence-corrected chi connectivity index (χ1v) is 5.42. The van der Waals surface area contributed by atoms with Gasteiger partial charge in [0.2, 0.25) is 5.91 Å². The molecule has 18 heavy (non-hydrogen) atoms. The number of rotatable bonds is 6. The second-order valence-electron chi connectivity index (χ2n) is 3.75. The summed E-state index contributed by atoms with van der Waals surface area (Å²) in [6.07, 6.45) is 0.657. The van der Waals surface area contributed by atoms with Gasteiger partial charge in [-0.2, -0.15) is 0 Å². The first-order chi connectivity index (χ1) is 8.54. The summed E-state index contributed by atoms with van der Waals surface area (Å²) in [6, 6.07) is 4.73. The summed E-state index contributed by atoms with van der Waals surface area (Å²) in [7, 11) is 0. The molecule has 1 aromatic carbocycles. The molecule has 1 aromatic rings. The molecule has 0 spiro atoms. The molecule has 1 rings (SSSR count). The first-order valence-electron chi connectivity index (χ1n) is 5.42. The Morgan fingerprint density at radius 3 is 2.89 bits per heavy atom.